The van der Waals surface area contributed by atoms with E-state index in [-0.39, 0.29) is 17.4 Å². The third-order valence-electron chi connectivity index (χ3n) is 5.12. The number of amides is 1. The van der Waals surface area contributed by atoms with Crippen LogP contribution in [0.3, 0.4) is 0 Å². The maximum atomic E-state index is 12.8. The fourth-order valence-electron chi connectivity index (χ4n) is 3.72. The van der Waals surface area contributed by atoms with Gasteiger partial charge in [-0.1, -0.05) is 63.6 Å². The minimum absolute atomic E-state index is 0.0994. The van der Waals surface area contributed by atoms with Gasteiger partial charge in [0.05, 0.1) is 11.3 Å². The minimum atomic E-state index is -0.121. The van der Waals surface area contributed by atoms with Gasteiger partial charge in [0.2, 0.25) is 5.91 Å². The molecule has 2 N–H and O–H groups in total. The smallest absolute Gasteiger partial charge is 0.234 e. The SMILES string of the molecule is Cc1cc(C)c(NC(=O)CSc2nnc(-c3cc(Br)ccc3O)n2-c2ccccc2)c(C)c1. The average Bonchev–Trinajstić information content (AvgIpc) is 3.20. The first-order chi connectivity index (χ1) is 15.8. The number of hydrogen-bond acceptors (Lipinski definition) is 5. The van der Waals surface area contributed by atoms with E-state index in [1.807, 2.05) is 55.7 Å². The molecule has 4 aromatic rings. The summed E-state index contributed by atoms with van der Waals surface area (Å²) < 4.78 is 2.66. The van der Waals surface area contributed by atoms with Crippen LogP contribution in [0.2, 0.25) is 0 Å². The molecule has 1 heterocycles. The van der Waals surface area contributed by atoms with Crippen molar-refractivity contribution in [3.63, 3.8) is 0 Å². The number of nitrogens with one attached hydrogen (secondary N) is 1. The molecule has 0 aliphatic carbocycles. The second kappa shape index (κ2) is 9.80. The molecule has 0 radical (unpaired) electrons. The molecule has 1 amide bonds. The van der Waals surface area contributed by atoms with Gasteiger partial charge < -0.3 is 10.4 Å². The number of anilines is 1. The molecule has 168 valence electrons. The molecule has 4 rings (SSSR count). The van der Waals surface area contributed by atoms with Crippen LogP contribution in [0, 0.1) is 20.8 Å². The van der Waals surface area contributed by atoms with E-state index in [0.29, 0.717) is 16.5 Å². The van der Waals surface area contributed by atoms with E-state index in [1.54, 1.807) is 18.2 Å². The van der Waals surface area contributed by atoms with Crippen molar-refractivity contribution >= 4 is 39.3 Å². The Morgan fingerprint density at radius 1 is 1.03 bits per heavy atom. The second-order valence-electron chi connectivity index (χ2n) is 7.75. The number of para-hydroxylation sites is 1. The number of aromatic hydroxyl groups is 1. The van der Waals surface area contributed by atoms with Gasteiger partial charge in [0.1, 0.15) is 5.75 Å². The van der Waals surface area contributed by atoms with Gasteiger partial charge in [-0.3, -0.25) is 9.36 Å². The number of aromatic nitrogens is 3. The maximum Gasteiger partial charge on any atom is 0.234 e. The number of halogens is 1. The Bertz CT molecular complexity index is 1300. The van der Waals surface area contributed by atoms with Crippen molar-refractivity contribution in [2.75, 3.05) is 11.1 Å². The molecule has 0 saturated heterocycles. The van der Waals surface area contributed by atoms with Crippen LogP contribution in [0.4, 0.5) is 5.69 Å². The summed E-state index contributed by atoms with van der Waals surface area (Å²) in [7, 11) is 0. The van der Waals surface area contributed by atoms with Gasteiger partial charge in [0, 0.05) is 15.8 Å². The summed E-state index contributed by atoms with van der Waals surface area (Å²) >= 11 is 4.75. The molecule has 0 unspecified atom stereocenters. The van der Waals surface area contributed by atoms with Gasteiger partial charge in [-0.2, -0.15) is 0 Å². The van der Waals surface area contributed by atoms with Gasteiger partial charge in [0.15, 0.2) is 11.0 Å². The van der Waals surface area contributed by atoms with E-state index in [4.69, 9.17) is 0 Å². The molecule has 1 aromatic heterocycles. The zero-order valence-corrected chi connectivity index (χ0v) is 20.9. The van der Waals surface area contributed by atoms with E-state index in [9.17, 15) is 9.90 Å². The molecule has 6 nitrogen and oxygen atoms in total. The predicted octanol–water partition coefficient (Wildman–Crippen LogP) is 6.06. The summed E-state index contributed by atoms with van der Waals surface area (Å²) in [6, 6.07) is 18.9. The van der Waals surface area contributed by atoms with Crippen LogP contribution in [0.1, 0.15) is 16.7 Å². The third-order valence-corrected chi connectivity index (χ3v) is 6.54. The number of carbonyl (C=O) groups is 1. The second-order valence-corrected chi connectivity index (χ2v) is 9.61. The number of nitrogens with zero attached hydrogens (tertiary/aromatic N) is 3. The normalized spacial score (nSPS) is 10.9. The Morgan fingerprint density at radius 3 is 2.42 bits per heavy atom. The summed E-state index contributed by atoms with van der Waals surface area (Å²) in [6.07, 6.45) is 0. The first kappa shape index (κ1) is 23.1. The highest BCUT2D eigenvalue weighted by Crippen LogP contribution is 2.34. The molecule has 0 aliphatic rings. The van der Waals surface area contributed by atoms with Crippen LogP contribution in [-0.2, 0) is 4.79 Å². The van der Waals surface area contributed by atoms with Gasteiger partial charge >= 0.3 is 0 Å². The van der Waals surface area contributed by atoms with Crippen LogP contribution in [0.25, 0.3) is 17.1 Å². The highest BCUT2D eigenvalue weighted by Gasteiger charge is 2.20. The van der Waals surface area contributed by atoms with Crippen LogP contribution in [-0.4, -0.2) is 31.5 Å². The number of phenols is 1. The van der Waals surface area contributed by atoms with E-state index >= 15 is 0 Å². The van der Waals surface area contributed by atoms with E-state index in [2.05, 4.69) is 43.6 Å². The number of rotatable bonds is 6. The summed E-state index contributed by atoms with van der Waals surface area (Å²) in [5, 5.41) is 22.7. The molecule has 0 saturated carbocycles. The van der Waals surface area contributed by atoms with E-state index in [1.165, 1.54) is 11.8 Å². The maximum absolute atomic E-state index is 12.8. The molecular formula is C25H23BrN4O2S. The van der Waals surface area contributed by atoms with Crippen LogP contribution >= 0.6 is 27.7 Å². The van der Waals surface area contributed by atoms with Crippen LogP contribution < -0.4 is 5.32 Å². The van der Waals surface area contributed by atoms with Crippen LogP contribution in [0.5, 0.6) is 5.75 Å². The Balaban J connectivity index is 1.63. The van der Waals surface area contributed by atoms with E-state index in [0.717, 1.165) is 32.5 Å². The topological polar surface area (TPSA) is 80.0 Å². The highest BCUT2D eigenvalue weighted by atomic mass is 79.9. The number of benzene rings is 3. The Hall–Kier alpha value is -3.10. The molecule has 0 fully saturated rings. The fourth-order valence-corrected chi connectivity index (χ4v) is 4.83. The van der Waals surface area contributed by atoms with Gasteiger partial charge in [-0.25, -0.2) is 0 Å². The van der Waals surface area contributed by atoms with Crippen molar-refractivity contribution in [2.45, 2.75) is 25.9 Å². The summed E-state index contributed by atoms with van der Waals surface area (Å²) in [4.78, 5) is 12.8. The van der Waals surface area contributed by atoms with Crippen molar-refractivity contribution in [1.29, 1.82) is 0 Å². The van der Waals surface area contributed by atoms with Crippen molar-refractivity contribution in [2.24, 2.45) is 0 Å². The lowest BCUT2D eigenvalue weighted by atomic mass is 10.1. The zero-order valence-electron chi connectivity index (χ0n) is 18.5. The largest absolute Gasteiger partial charge is 0.507 e. The minimum Gasteiger partial charge on any atom is -0.507 e. The summed E-state index contributed by atoms with van der Waals surface area (Å²) in [6.45, 7) is 6.02. The van der Waals surface area contributed by atoms with Gasteiger partial charge in [0.25, 0.3) is 0 Å². The first-order valence-corrected chi connectivity index (χ1v) is 12.1. The molecular weight excluding hydrogens is 500 g/mol. The van der Waals surface area contributed by atoms with Gasteiger partial charge in [-0.05, 0) is 62.2 Å². The molecule has 0 spiro atoms. The Labute approximate surface area is 205 Å². The lowest BCUT2D eigenvalue weighted by molar-refractivity contribution is -0.113. The molecule has 33 heavy (non-hydrogen) atoms. The van der Waals surface area contributed by atoms with Crippen molar-refractivity contribution < 1.29 is 9.90 Å². The zero-order chi connectivity index (χ0) is 23.5. The van der Waals surface area contributed by atoms with Crippen molar-refractivity contribution in [3.05, 3.63) is 81.8 Å². The van der Waals surface area contributed by atoms with E-state index < -0.39 is 0 Å². The Morgan fingerprint density at radius 2 is 1.73 bits per heavy atom. The quantitative estimate of drug-likeness (QED) is 0.301. The monoisotopic (exact) mass is 522 g/mol. The molecule has 3 aromatic carbocycles. The average molecular weight is 523 g/mol. The molecule has 0 bridgehead atoms. The van der Waals surface area contributed by atoms with Crippen molar-refractivity contribution in [1.82, 2.24) is 14.8 Å². The molecule has 8 heteroatoms. The lowest BCUT2D eigenvalue weighted by Gasteiger charge is -2.13. The molecule has 0 aliphatic heterocycles. The first-order valence-electron chi connectivity index (χ1n) is 10.3. The lowest BCUT2D eigenvalue weighted by Crippen LogP contribution is -2.16. The highest BCUT2D eigenvalue weighted by molar-refractivity contribution is 9.10. The number of hydrogen-bond donors (Lipinski definition) is 2. The molecule has 0 atom stereocenters. The number of carbonyl (C=O) groups excluding carboxylic acids is 1. The number of aryl methyl sites for hydroxylation is 3. The number of phenolic OH excluding ortho intramolecular Hbond substituents is 1. The fraction of sp³-hybridized carbons (Fsp3) is 0.160. The van der Waals surface area contributed by atoms with Crippen LogP contribution in [0.15, 0.2) is 70.3 Å². The Kier molecular flexibility index (Phi) is 6.85. The summed E-state index contributed by atoms with van der Waals surface area (Å²) in [5.41, 5.74) is 5.46. The van der Waals surface area contributed by atoms with Gasteiger partial charge in [-0.15, -0.1) is 10.2 Å². The standard InChI is InChI=1S/C25H23BrN4O2S/c1-15-11-16(2)23(17(3)12-15)27-22(32)14-33-25-29-28-24(20-13-18(26)9-10-21(20)31)30(25)19-7-5-4-6-8-19/h4-13,31H,14H2,1-3H3,(H,27,32). The van der Waals surface area contributed by atoms with Crippen molar-refractivity contribution in [3.8, 4) is 22.8 Å². The summed E-state index contributed by atoms with van der Waals surface area (Å²) in [5.74, 6) is 0.641. The third kappa shape index (κ3) is 5.12. The predicted molar refractivity (Wildman–Crippen MR) is 136 cm³/mol. The number of thioether (sulfide) groups is 1.